The lowest BCUT2D eigenvalue weighted by Crippen LogP contribution is -2.14. The Kier molecular flexibility index (Phi) is 5.00. The summed E-state index contributed by atoms with van der Waals surface area (Å²) in [6, 6.07) is 9.28. The van der Waals surface area contributed by atoms with Crippen LogP contribution in [0.15, 0.2) is 40.9 Å². The summed E-state index contributed by atoms with van der Waals surface area (Å²) in [4.78, 5) is 17.4. The molecule has 2 N–H and O–H groups in total. The van der Waals surface area contributed by atoms with E-state index in [1.54, 1.807) is 23.5 Å². The van der Waals surface area contributed by atoms with E-state index in [1.807, 2.05) is 30.5 Å². The number of thioether (sulfide) groups is 1. The van der Waals surface area contributed by atoms with Gasteiger partial charge in [-0.1, -0.05) is 29.4 Å². The lowest BCUT2D eigenvalue weighted by Gasteiger charge is -2.07. The Morgan fingerprint density at radius 2 is 2.30 bits per heavy atom. The number of nitrogens with zero attached hydrogens (tertiary/aromatic N) is 2. The van der Waals surface area contributed by atoms with Gasteiger partial charge in [-0.05, 0) is 42.1 Å². The first kappa shape index (κ1) is 16.0. The molecule has 0 saturated heterocycles. The molecule has 8 heteroatoms. The zero-order chi connectivity index (χ0) is 16.2. The minimum atomic E-state index is -0.108. The van der Waals surface area contributed by atoms with Gasteiger partial charge in [0.2, 0.25) is 11.1 Å². The second-order valence-electron chi connectivity index (χ2n) is 4.74. The summed E-state index contributed by atoms with van der Waals surface area (Å²) in [6.45, 7) is 1.90. The third-order valence-corrected chi connectivity index (χ3v) is 4.97. The van der Waals surface area contributed by atoms with Crippen LogP contribution in [0.3, 0.4) is 0 Å². The Balaban J connectivity index is 1.57. The van der Waals surface area contributed by atoms with Crippen molar-refractivity contribution in [3.8, 4) is 10.7 Å². The highest BCUT2D eigenvalue weighted by Gasteiger charge is 2.10. The van der Waals surface area contributed by atoms with Crippen LogP contribution in [0.2, 0.25) is 5.02 Å². The number of thiophene rings is 1. The van der Waals surface area contributed by atoms with Crippen LogP contribution in [0.5, 0.6) is 0 Å². The van der Waals surface area contributed by atoms with Crippen molar-refractivity contribution in [1.29, 1.82) is 0 Å². The van der Waals surface area contributed by atoms with Gasteiger partial charge < -0.3 is 5.32 Å². The van der Waals surface area contributed by atoms with Crippen molar-refractivity contribution in [3.63, 3.8) is 0 Å². The number of amides is 1. The topological polar surface area (TPSA) is 70.7 Å². The maximum Gasteiger partial charge on any atom is 0.234 e. The maximum absolute atomic E-state index is 12.0. The predicted molar refractivity (Wildman–Crippen MR) is 95.2 cm³/mol. The second-order valence-corrected chi connectivity index (χ2v) is 7.07. The van der Waals surface area contributed by atoms with Crippen LogP contribution in [0, 0.1) is 6.92 Å². The third kappa shape index (κ3) is 4.13. The van der Waals surface area contributed by atoms with Crippen molar-refractivity contribution in [2.24, 2.45) is 0 Å². The molecular weight excluding hydrogens is 352 g/mol. The summed E-state index contributed by atoms with van der Waals surface area (Å²) in [5.41, 5.74) is 1.68. The van der Waals surface area contributed by atoms with Crippen molar-refractivity contribution in [2.45, 2.75) is 12.1 Å². The number of aromatic amines is 1. The van der Waals surface area contributed by atoms with Crippen molar-refractivity contribution in [1.82, 2.24) is 15.2 Å². The van der Waals surface area contributed by atoms with Crippen LogP contribution in [0.4, 0.5) is 5.69 Å². The van der Waals surface area contributed by atoms with Gasteiger partial charge in [-0.3, -0.25) is 9.89 Å². The number of H-pyrrole nitrogens is 1. The van der Waals surface area contributed by atoms with E-state index in [2.05, 4.69) is 20.5 Å². The average molecular weight is 365 g/mol. The smallest absolute Gasteiger partial charge is 0.234 e. The molecule has 2 heterocycles. The highest BCUT2D eigenvalue weighted by molar-refractivity contribution is 7.99. The van der Waals surface area contributed by atoms with Gasteiger partial charge in [0, 0.05) is 10.7 Å². The molecule has 0 aliphatic rings. The minimum absolute atomic E-state index is 0.108. The van der Waals surface area contributed by atoms with Crippen molar-refractivity contribution < 1.29 is 4.79 Å². The summed E-state index contributed by atoms with van der Waals surface area (Å²) in [6.07, 6.45) is 0. The van der Waals surface area contributed by atoms with E-state index < -0.39 is 0 Å². The first-order chi connectivity index (χ1) is 11.1. The first-order valence-electron chi connectivity index (χ1n) is 6.77. The van der Waals surface area contributed by atoms with Gasteiger partial charge in [-0.15, -0.1) is 16.4 Å². The van der Waals surface area contributed by atoms with E-state index in [-0.39, 0.29) is 11.7 Å². The average Bonchev–Trinajstić information content (AvgIpc) is 3.18. The molecule has 0 atom stereocenters. The van der Waals surface area contributed by atoms with Gasteiger partial charge in [0.15, 0.2) is 5.82 Å². The van der Waals surface area contributed by atoms with E-state index >= 15 is 0 Å². The number of nitrogens with one attached hydrogen (secondary N) is 2. The fourth-order valence-electron chi connectivity index (χ4n) is 1.92. The Hall–Kier alpha value is -1.83. The lowest BCUT2D eigenvalue weighted by atomic mass is 10.2. The first-order valence-corrected chi connectivity index (χ1v) is 9.01. The van der Waals surface area contributed by atoms with E-state index in [9.17, 15) is 4.79 Å². The molecule has 0 spiro atoms. The fourth-order valence-corrected chi connectivity index (χ4v) is 3.41. The summed E-state index contributed by atoms with van der Waals surface area (Å²) in [7, 11) is 0. The lowest BCUT2D eigenvalue weighted by molar-refractivity contribution is -0.113. The van der Waals surface area contributed by atoms with Crippen LogP contribution < -0.4 is 5.32 Å². The quantitative estimate of drug-likeness (QED) is 0.665. The Labute approximate surface area is 146 Å². The van der Waals surface area contributed by atoms with Crippen molar-refractivity contribution in [3.05, 3.63) is 46.3 Å². The number of aryl methyl sites for hydroxylation is 1. The molecular formula is C15H13ClN4OS2. The van der Waals surface area contributed by atoms with Gasteiger partial charge in [-0.25, -0.2) is 4.98 Å². The fraction of sp³-hybridized carbons (Fsp3) is 0.133. The molecule has 3 rings (SSSR count). The number of halogens is 1. The zero-order valence-electron chi connectivity index (χ0n) is 12.2. The molecule has 23 heavy (non-hydrogen) atoms. The molecule has 3 aromatic rings. The second kappa shape index (κ2) is 7.16. The molecule has 1 aromatic carbocycles. The van der Waals surface area contributed by atoms with Crippen molar-refractivity contribution in [2.75, 3.05) is 11.1 Å². The Morgan fingerprint density at radius 3 is 3.04 bits per heavy atom. The number of rotatable bonds is 5. The van der Waals surface area contributed by atoms with E-state index in [0.29, 0.717) is 10.2 Å². The Morgan fingerprint density at radius 1 is 1.43 bits per heavy atom. The predicted octanol–water partition coefficient (Wildman–Crippen LogP) is 4.23. The van der Waals surface area contributed by atoms with Crippen LogP contribution in [-0.2, 0) is 4.79 Å². The largest absolute Gasteiger partial charge is 0.325 e. The summed E-state index contributed by atoms with van der Waals surface area (Å²) in [5, 5.41) is 13.0. The number of aromatic nitrogens is 3. The maximum atomic E-state index is 12.0. The van der Waals surface area contributed by atoms with E-state index in [4.69, 9.17) is 11.6 Å². The number of carbonyl (C=O) groups is 1. The Bertz CT molecular complexity index is 817. The minimum Gasteiger partial charge on any atom is -0.325 e. The van der Waals surface area contributed by atoms with Crippen LogP contribution in [0.1, 0.15) is 5.56 Å². The molecule has 0 aliphatic heterocycles. The molecule has 0 saturated carbocycles. The normalized spacial score (nSPS) is 10.7. The summed E-state index contributed by atoms with van der Waals surface area (Å²) >= 11 is 8.78. The zero-order valence-corrected chi connectivity index (χ0v) is 14.6. The summed E-state index contributed by atoms with van der Waals surface area (Å²) in [5.74, 6) is 0.850. The van der Waals surface area contributed by atoms with E-state index in [1.165, 1.54) is 11.8 Å². The number of hydrogen-bond acceptors (Lipinski definition) is 5. The molecule has 0 radical (unpaired) electrons. The van der Waals surface area contributed by atoms with Gasteiger partial charge in [0.1, 0.15) is 0 Å². The van der Waals surface area contributed by atoms with Gasteiger partial charge >= 0.3 is 0 Å². The van der Waals surface area contributed by atoms with Crippen LogP contribution in [0.25, 0.3) is 10.7 Å². The number of anilines is 1. The SMILES string of the molecule is Cc1cc(Cl)ccc1NC(=O)CSc1n[nH]c(-c2cccs2)n1. The van der Waals surface area contributed by atoms with Gasteiger partial charge in [0.25, 0.3) is 0 Å². The highest BCUT2D eigenvalue weighted by atomic mass is 35.5. The standard InChI is InChI=1S/C15H13ClN4OS2/c1-9-7-10(16)4-5-11(9)17-13(21)8-23-15-18-14(19-20-15)12-3-2-6-22-12/h2-7H,8H2,1H3,(H,17,21)(H,18,19,20). The van der Waals surface area contributed by atoms with Crippen LogP contribution in [-0.4, -0.2) is 26.8 Å². The number of carbonyl (C=O) groups excluding carboxylic acids is 1. The molecule has 0 aliphatic carbocycles. The molecule has 2 aromatic heterocycles. The molecule has 118 valence electrons. The van der Waals surface area contributed by atoms with E-state index in [0.717, 1.165) is 22.0 Å². The number of benzene rings is 1. The third-order valence-electron chi connectivity index (χ3n) is 3.01. The molecule has 0 fully saturated rings. The van der Waals surface area contributed by atoms with Crippen LogP contribution >= 0.6 is 34.7 Å². The monoisotopic (exact) mass is 364 g/mol. The van der Waals surface area contributed by atoms with Gasteiger partial charge in [-0.2, -0.15) is 0 Å². The molecule has 0 unspecified atom stereocenters. The molecule has 5 nitrogen and oxygen atoms in total. The van der Waals surface area contributed by atoms with Crippen molar-refractivity contribution >= 4 is 46.3 Å². The highest BCUT2D eigenvalue weighted by Crippen LogP contribution is 2.24. The molecule has 0 bridgehead atoms. The summed E-state index contributed by atoms with van der Waals surface area (Å²) < 4.78 is 0. The van der Waals surface area contributed by atoms with Gasteiger partial charge in [0.05, 0.1) is 10.6 Å². The molecule has 1 amide bonds. The number of hydrogen-bond donors (Lipinski definition) is 2.